The van der Waals surface area contributed by atoms with E-state index >= 15 is 0 Å². The van der Waals surface area contributed by atoms with Crippen molar-refractivity contribution in [1.82, 2.24) is 15.4 Å². The maximum absolute atomic E-state index is 12.1. The standard InChI is InChI=1S/C18H22N4O3/c23-17(22-25)13-8-20-16-12(1-2-19-16)15(13)21-14-10-3-9-4-11(14)7-18(24,5-9)6-10/h1-2,8-11,14,24-25H,3-7H2,(H,22,23)(H2,19,20,21)/t9?,10?,11?,14-,18+. The summed E-state index contributed by atoms with van der Waals surface area (Å²) in [6, 6.07) is 2.13. The summed E-state index contributed by atoms with van der Waals surface area (Å²) in [6.07, 6.45) is 8.17. The number of hydrogen-bond acceptors (Lipinski definition) is 5. The number of aliphatic hydroxyl groups is 1. The van der Waals surface area contributed by atoms with Crippen molar-refractivity contribution in [2.75, 3.05) is 5.32 Å². The summed E-state index contributed by atoms with van der Waals surface area (Å²) in [7, 11) is 0. The molecule has 4 bridgehead atoms. The Hall–Kier alpha value is -2.12. The zero-order chi connectivity index (χ0) is 17.2. The van der Waals surface area contributed by atoms with Crippen LogP contribution in [0, 0.1) is 17.8 Å². The molecule has 2 unspecified atom stereocenters. The summed E-state index contributed by atoms with van der Waals surface area (Å²) in [5.41, 5.74) is 2.99. The van der Waals surface area contributed by atoms with Crippen LogP contribution in [-0.2, 0) is 0 Å². The Balaban J connectivity index is 1.54. The van der Waals surface area contributed by atoms with E-state index in [2.05, 4.69) is 15.3 Å². The first kappa shape index (κ1) is 15.2. The number of nitrogens with one attached hydrogen (secondary N) is 3. The third kappa shape index (κ3) is 2.26. The zero-order valence-corrected chi connectivity index (χ0v) is 13.8. The monoisotopic (exact) mass is 342 g/mol. The molecule has 6 rings (SSSR count). The topological polar surface area (TPSA) is 110 Å². The van der Waals surface area contributed by atoms with Crippen LogP contribution in [0.4, 0.5) is 5.69 Å². The van der Waals surface area contributed by atoms with Crippen molar-refractivity contribution in [1.29, 1.82) is 0 Å². The average Bonchev–Trinajstić information content (AvgIpc) is 3.04. The quantitative estimate of drug-likeness (QED) is 0.433. The molecule has 4 aliphatic carbocycles. The average molecular weight is 342 g/mol. The number of rotatable bonds is 3. The molecule has 5 N–H and O–H groups in total. The first-order valence-corrected chi connectivity index (χ1v) is 8.96. The molecule has 7 nitrogen and oxygen atoms in total. The van der Waals surface area contributed by atoms with Crippen molar-refractivity contribution in [2.45, 2.75) is 43.7 Å². The highest BCUT2D eigenvalue weighted by atomic mass is 16.5. The molecule has 0 aliphatic heterocycles. The molecule has 2 aromatic heterocycles. The lowest BCUT2D eigenvalue weighted by molar-refractivity contribution is -0.129. The van der Waals surface area contributed by atoms with Gasteiger partial charge in [-0.2, -0.15) is 0 Å². The zero-order valence-electron chi connectivity index (χ0n) is 13.8. The summed E-state index contributed by atoms with van der Waals surface area (Å²) >= 11 is 0. The van der Waals surface area contributed by atoms with E-state index in [9.17, 15) is 9.90 Å². The minimum absolute atomic E-state index is 0.238. The first-order chi connectivity index (χ1) is 12.1. The van der Waals surface area contributed by atoms with Crippen LogP contribution in [0.2, 0.25) is 0 Å². The molecular formula is C18H22N4O3. The van der Waals surface area contributed by atoms with Crippen molar-refractivity contribution in [3.63, 3.8) is 0 Å². The highest BCUT2D eigenvalue weighted by Crippen LogP contribution is 2.56. The van der Waals surface area contributed by atoms with Crippen LogP contribution in [0.15, 0.2) is 18.5 Å². The molecule has 4 fully saturated rings. The molecule has 0 saturated heterocycles. The van der Waals surface area contributed by atoms with Gasteiger partial charge in [-0.05, 0) is 55.9 Å². The number of aromatic nitrogens is 2. The van der Waals surface area contributed by atoms with Gasteiger partial charge < -0.3 is 15.4 Å². The van der Waals surface area contributed by atoms with E-state index in [1.165, 1.54) is 6.20 Å². The van der Waals surface area contributed by atoms with Crippen LogP contribution < -0.4 is 10.8 Å². The lowest BCUT2D eigenvalue weighted by Gasteiger charge is -2.58. The third-order valence-electron chi connectivity index (χ3n) is 6.48. The van der Waals surface area contributed by atoms with Crippen LogP contribution in [0.5, 0.6) is 0 Å². The van der Waals surface area contributed by atoms with E-state index in [0.717, 1.165) is 37.5 Å². The normalized spacial score (nSPS) is 35.9. The van der Waals surface area contributed by atoms with Gasteiger partial charge >= 0.3 is 0 Å². The molecule has 2 atom stereocenters. The van der Waals surface area contributed by atoms with E-state index in [-0.39, 0.29) is 6.04 Å². The van der Waals surface area contributed by atoms with Gasteiger partial charge in [-0.15, -0.1) is 0 Å². The Morgan fingerprint density at radius 1 is 1.28 bits per heavy atom. The predicted molar refractivity (Wildman–Crippen MR) is 91.3 cm³/mol. The van der Waals surface area contributed by atoms with Gasteiger partial charge in [-0.25, -0.2) is 10.5 Å². The summed E-state index contributed by atoms with van der Waals surface area (Å²) in [4.78, 5) is 19.4. The van der Waals surface area contributed by atoms with Gasteiger partial charge in [-0.1, -0.05) is 0 Å². The number of nitrogens with zero attached hydrogens (tertiary/aromatic N) is 1. The molecule has 1 amide bonds. The molecular weight excluding hydrogens is 320 g/mol. The second kappa shape index (κ2) is 5.19. The third-order valence-corrected chi connectivity index (χ3v) is 6.48. The number of aromatic amines is 1. The molecule has 4 aliphatic rings. The van der Waals surface area contributed by atoms with E-state index < -0.39 is 11.5 Å². The Bertz CT molecular complexity index is 832. The maximum atomic E-state index is 12.1. The molecule has 4 saturated carbocycles. The molecule has 0 aromatic carbocycles. The van der Waals surface area contributed by atoms with Gasteiger partial charge in [0.1, 0.15) is 5.65 Å². The summed E-state index contributed by atoms with van der Waals surface area (Å²) in [5, 5.41) is 24.3. The minimum Gasteiger partial charge on any atom is -0.390 e. The molecule has 2 aromatic rings. The Morgan fingerprint density at radius 2 is 2.04 bits per heavy atom. The second-order valence-electron chi connectivity index (χ2n) is 8.09. The fraction of sp³-hybridized carbons (Fsp3) is 0.556. The van der Waals surface area contributed by atoms with E-state index in [0.29, 0.717) is 34.7 Å². The molecule has 2 heterocycles. The van der Waals surface area contributed by atoms with Crippen LogP contribution in [0.1, 0.15) is 42.5 Å². The molecule has 25 heavy (non-hydrogen) atoms. The van der Waals surface area contributed by atoms with Crippen molar-refractivity contribution >= 4 is 22.6 Å². The fourth-order valence-corrected chi connectivity index (χ4v) is 5.78. The largest absolute Gasteiger partial charge is 0.390 e. The van der Waals surface area contributed by atoms with Crippen LogP contribution in [-0.4, -0.2) is 37.8 Å². The number of hydroxylamine groups is 1. The van der Waals surface area contributed by atoms with Crippen molar-refractivity contribution in [3.05, 3.63) is 24.0 Å². The van der Waals surface area contributed by atoms with Crippen LogP contribution in [0.25, 0.3) is 11.0 Å². The van der Waals surface area contributed by atoms with Gasteiger partial charge in [0.2, 0.25) is 0 Å². The number of pyridine rings is 1. The van der Waals surface area contributed by atoms with Gasteiger partial charge in [0, 0.05) is 23.8 Å². The predicted octanol–water partition coefficient (Wildman–Crippen LogP) is 2.03. The van der Waals surface area contributed by atoms with E-state index in [1.807, 2.05) is 6.07 Å². The van der Waals surface area contributed by atoms with E-state index in [1.54, 1.807) is 11.7 Å². The van der Waals surface area contributed by atoms with Gasteiger partial charge in [0.05, 0.1) is 16.9 Å². The summed E-state index contributed by atoms with van der Waals surface area (Å²) in [5.74, 6) is 0.901. The Morgan fingerprint density at radius 3 is 2.72 bits per heavy atom. The summed E-state index contributed by atoms with van der Waals surface area (Å²) < 4.78 is 0. The molecule has 0 radical (unpaired) electrons. The molecule has 0 spiro atoms. The van der Waals surface area contributed by atoms with Crippen molar-refractivity contribution in [2.24, 2.45) is 17.8 Å². The van der Waals surface area contributed by atoms with Crippen molar-refractivity contribution < 1.29 is 15.1 Å². The first-order valence-electron chi connectivity index (χ1n) is 8.96. The number of anilines is 1. The number of amides is 1. The summed E-state index contributed by atoms with van der Waals surface area (Å²) in [6.45, 7) is 0. The SMILES string of the molecule is O=C(NO)c1cnc2[nH]ccc2c1N[C@H]1C2CC3CC1C[C@@](O)(C3)C2. The Kier molecular flexibility index (Phi) is 3.15. The number of carbonyl (C=O) groups is 1. The highest BCUT2D eigenvalue weighted by molar-refractivity contribution is 6.06. The van der Waals surface area contributed by atoms with Gasteiger partial charge in [-0.3, -0.25) is 10.0 Å². The van der Waals surface area contributed by atoms with Gasteiger partial charge in [0.15, 0.2) is 0 Å². The fourth-order valence-electron chi connectivity index (χ4n) is 5.78. The lowest BCUT2D eigenvalue weighted by Crippen LogP contribution is -2.59. The maximum Gasteiger partial charge on any atom is 0.278 e. The molecule has 132 valence electrons. The second-order valence-corrected chi connectivity index (χ2v) is 8.09. The highest BCUT2D eigenvalue weighted by Gasteiger charge is 2.54. The van der Waals surface area contributed by atoms with Crippen LogP contribution in [0.3, 0.4) is 0 Å². The number of H-pyrrole nitrogens is 1. The van der Waals surface area contributed by atoms with Gasteiger partial charge in [0.25, 0.3) is 5.91 Å². The Labute approximate surface area is 144 Å². The lowest BCUT2D eigenvalue weighted by atomic mass is 9.52. The van der Waals surface area contributed by atoms with Crippen molar-refractivity contribution in [3.8, 4) is 0 Å². The number of carbonyl (C=O) groups excluding carboxylic acids is 1. The minimum atomic E-state index is -0.569. The van der Waals surface area contributed by atoms with E-state index in [4.69, 9.17) is 5.21 Å². The number of hydrogen-bond donors (Lipinski definition) is 5. The molecule has 7 heteroatoms. The van der Waals surface area contributed by atoms with Crippen LogP contribution >= 0.6 is 0 Å². The smallest absolute Gasteiger partial charge is 0.278 e. The number of fused-ring (bicyclic) bond motifs is 1.